The van der Waals surface area contributed by atoms with E-state index < -0.39 is 0 Å². The van der Waals surface area contributed by atoms with Crippen molar-refractivity contribution in [1.29, 1.82) is 0 Å². The van der Waals surface area contributed by atoms with Crippen molar-refractivity contribution in [2.75, 3.05) is 30.0 Å². The van der Waals surface area contributed by atoms with Crippen molar-refractivity contribution >= 4 is 50.5 Å². The van der Waals surface area contributed by atoms with E-state index in [2.05, 4.69) is 26.2 Å². The minimum absolute atomic E-state index is 0.262. The Kier molecular flexibility index (Phi) is 4.69. The summed E-state index contributed by atoms with van der Waals surface area (Å²) in [5.41, 5.74) is 8.11. The van der Waals surface area contributed by atoms with E-state index in [0.29, 0.717) is 26.6 Å². The van der Waals surface area contributed by atoms with Crippen LogP contribution in [0.1, 0.15) is 10.4 Å². The zero-order valence-electron chi connectivity index (χ0n) is 11.5. The lowest BCUT2D eigenvalue weighted by atomic mass is 10.1. The SMILES string of the molecule is CN(C)c1ccc(N)cc1C(=O)Nc1cnc(Cl)c(Br)c1. The second kappa shape index (κ2) is 6.32. The molecule has 0 aliphatic carbocycles. The predicted molar refractivity (Wildman–Crippen MR) is 90.1 cm³/mol. The number of amides is 1. The van der Waals surface area contributed by atoms with E-state index in [1.165, 1.54) is 6.20 Å². The molecule has 0 saturated carbocycles. The van der Waals surface area contributed by atoms with E-state index in [-0.39, 0.29) is 5.91 Å². The Labute approximate surface area is 136 Å². The Morgan fingerprint density at radius 3 is 2.71 bits per heavy atom. The number of halogens is 2. The molecule has 1 amide bonds. The third-order valence-electron chi connectivity index (χ3n) is 2.80. The number of hydrogen-bond donors (Lipinski definition) is 2. The minimum atomic E-state index is -0.262. The van der Waals surface area contributed by atoms with Crippen molar-refractivity contribution in [1.82, 2.24) is 4.98 Å². The molecule has 0 spiro atoms. The first-order chi connectivity index (χ1) is 9.88. The lowest BCUT2D eigenvalue weighted by molar-refractivity contribution is 0.102. The normalized spacial score (nSPS) is 10.3. The van der Waals surface area contributed by atoms with Crippen LogP contribution in [0.25, 0.3) is 0 Å². The molecule has 2 aromatic rings. The first kappa shape index (κ1) is 15.6. The van der Waals surface area contributed by atoms with Crippen LogP contribution in [-0.2, 0) is 0 Å². The highest BCUT2D eigenvalue weighted by Gasteiger charge is 2.14. The molecule has 0 bridgehead atoms. The van der Waals surface area contributed by atoms with Crippen LogP contribution in [-0.4, -0.2) is 25.0 Å². The van der Waals surface area contributed by atoms with Crippen LogP contribution in [0.15, 0.2) is 34.9 Å². The Balaban J connectivity index is 2.31. The molecule has 1 aromatic heterocycles. The number of carbonyl (C=O) groups is 1. The number of nitrogens with zero attached hydrogens (tertiary/aromatic N) is 2. The van der Waals surface area contributed by atoms with Crippen molar-refractivity contribution < 1.29 is 4.79 Å². The van der Waals surface area contributed by atoms with Crippen LogP contribution in [0.2, 0.25) is 5.15 Å². The van der Waals surface area contributed by atoms with E-state index in [0.717, 1.165) is 5.69 Å². The first-order valence-electron chi connectivity index (χ1n) is 6.07. The van der Waals surface area contributed by atoms with Gasteiger partial charge in [-0.1, -0.05) is 11.6 Å². The van der Waals surface area contributed by atoms with Crippen molar-refractivity contribution in [2.45, 2.75) is 0 Å². The molecule has 0 saturated heterocycles. The van der Waals surface area contributed by atoms with E-state index in [1.807, 2.05) is 19.0 Å². The average Bonchev–Trinajstić information content (AvgIpc) is 2.42. The summed E-state index contributed by atoms with van der Waals surface area (Å²) in [5.74, 6) is -0.262. The monoisotopic (exact) mass is 368 g/mol. The number of carbonyl (C=O) groups excluding carboxylic acids is 1. The summed E-state index contributed by atoms with van der Waals surface area (Å²) in [7, 11) is 3.73. The van der Waals surface area contributed by atoms with Gasteiger partial charge in [0.25, 0.3) is 5.91 Å². The molecule has 0 aliphatic heterocycles. The van der Waals surface area contributed by atoms with Crippen LogP contribution >= 0.6 is 27.5 Å². The van der Waals surface area contributed by atoms with Gasteiger partial charge in [0.15, 0.2) is 0 Å². The van der Waals surface area contributed by atoms with Crippen LogP contribution in [0.3, 0.4) is 0 Å². The second-order valence-electron chi connectivity index (χ2n) is 4.62. The topological polar surface area (TPSA) is 71.2 Å². The van der Waals surface area contributed by atoms with Gasteiger partial charge in [0.05, 0.1) is 21.9 Å². The zero-order valence-corrected chi connectivity index (χ0v) is 13.9. The van der Waals surface area contributed by atoms with Gasteiger partial charge in [0.2, 0.25) is 0 Å². The first-order valence-corrected chi connectivity index (χ1v) is 7.25. The predicted octanol–water partition coefficient (Wildman–Crippen LogP) is 3.40. The Bertz CT molecular complexity index is 691. The van der Waals surface area contributed by atoms with Gasteiger partial charge in [-0.25, -0.2) is 4.98 Å². The number of benzene rings is 1. The molecule has 1 heterocycles. The van der Waals surface area contributed by atoms with Gasteiger partial charge in [-0.15, -0.1) is 0 Å². The van der Waals surface area contributed by atoms with Gasteiger partial charge in [-0.2, -0.15) is 0 Å². The maximum atomic E-state index is 12.4. The smallest absolute Gasteiger partial charge is 0.257 e. The molecule has 3 N–H and O–H groups in total. The highest BCUT2D eigenvalue weighted by Crippen LogP contribution is 2.25. The molecule has 0 fully saturated rings. The summed E-state index contributed by atoms with van der Waals surface area (Å²) >= 11 is 9.10. The van der Waals surface area contributed by atoms with E-state index >= 15 is 0 Å². The number of nitrogen functional groups attached to an aromatic ring is 1. The lowest BCUT2D eigenvalue weighted by Crippen LogP contribution is -2.19. The highest BCUT2D eigenvalue weighted by molar-refractivity contribution is 9.10. The van der Waals surface area contributed by atoms with E-state index in [9.17, 15) is 4.79 Å². The molecule has 110 valence electrons. The summed E-state index contributed by atoms with van der Waals surface area (Å²) in [5, 5.41) is 3.12. The summed E-state index contributed by atoms with van der Waals surface area (Å²) in [6.45, 7) is 0. The molecule has 0 aliphatic rings. The van der Waals surface area contributed by atoms with Gasteiger partial charge in [0.1, 0.15) is 5.15 Å². The maximum Gasteiger partial charge on any atom is 0.257 e. The van der Waals surface area contributed by atoms with E-state index in [1.54, 1.807) is 24.3 Å². The van der Waals surface area contributed by atoms with Gasteiger partial charge < -0.3 is 16.0 Å². The van der Waals surface area contributed by atoms with Crippen molar-refractivity contribution in [2.24, 2.45) is 0 Å². The molecule has 7 heteroatoms. The van der Waals surface area contributed by atoms with E-state index in [4.69, 9.17) is 17.3 Å². The molecule has 5 nitrogen and oxygen atoms in total. The van der Waals surface area contributed by atoms with Gasteiger partial charge in [-0.3, -0.25) is 4.79 Å². The number of rotatable bonds is 3. The fourth-order valence-corrected chi connectivity index (χ4v) is 2.27. The number of anilines is 3. The Morgan fingerprint density at radius 1 is 1.38 bits per heavy atom. The van der Waals surface area contributed by atoms with Crippen LogP contribution in [0, 0.1) is 0 Å². The summed E-state index contributed by atoms with van der Waals surface area (Å²) < 4.78 is 0.613. The van der Waals surface area contributed by atoms with Crippen LogP contribution in [0.4, 0.5) is 17.1 Å². The highest BCUT2D eigenvalue weighted by atomic mass is 79.9. The fraction of sp³-hybridized carbons (Fsp3) is 0.143. The number of aromatic nitrogens is 1. The number of pyridine rings is 1. The molecule has 0 unspecified atom stereocenters. The van der Waals surface area contributed by atoms with Crippen LogP contribution in [0.5, 0.6) is 0 Å². The molecular weight excluding hydrogens is 356 g/mol. The van der Waals surface area contributed by atoms with Gasteiger partial charge in [-0.05, 0) is 40.2 Å². The summed E-state index contributed by atoms with van der Waals surface area (Å²) in [6.07, 6.45) is 1.49. The third kappa shape index (κ3) is 3.65. The second-order valence-corrected chi connectivity index (χ2v) is 5.83. The van der Waals surface area contributed by atoms with Gasteiger partial charge >= 0.3 is 0 Å². The van der Waals surface area contributed by atoms with Gasteiger partial charge in [0, 0.05) is 25.5 Å². The lowest BCUT2D eigenvalue weighted by Gasteiger charge is -2.17. The fourth-order valence-electron chi connectivity index (χ4n) is 1.81. The standard InChI is InChI=1S/C14H14BrClN4O/c1-20(2)12-4-3-8(17)5-10(12)14(21)19-9-6-11(15)13(16)18-7-9/h3-7H,17H2,1-2H3,(H,19,21). The Morgan fingerprint density at radius 2 is 2.10 bits per heavy atom. The van der Waals surface area contributed by atoms with Crippen molar-refractivity contribution in [3.8, 4) is 0 Å². The van der Waals surface area contributed by atoms with Crippen molar-refractivity contribution in [3.05, 3.63) is 45.7 Å². The zero-order chi connectivity index (χ0) is 15.6. The molecule has 0 radical (unpaired) electrons. The molecule has 0 atom stereocenters. The summed E-state index contributed by atoms with van der Waals surface area (Å²) in [6, 6.07) is 6.89. The largest absolute Gasteiger partial charge is 0.399 e. The number of hydrogen-bond acceptors (Lipinski definition) is 4. The van der Waals surface area contributed by atoms with Crippen molar-refractivity contribution in [3.63, 3.8) is 0 Å². The number of nitrogens with one attached hydrogen (secondary N) is 1. The quantitative estimate of drug-likeness (QED) is 0.642. The summed E-state index contributed by atoms with van der Waals surface area (Å²) in [4.78, 5) is 18.2. The number of nitrogens with two attached hydrogens (primary N) is 1. The molecular formula is C14H14BrClN4O. The molecule has 21 heavy (non-hydrogen) atoms. The molecule has 1 aromatic carbocycles. The van der Waals surface area contributed by atoms with Crippen LogP contribution < -0.4 is 16.0 Å². The maximum absolute atomic E-state index is 12.4. The Hall–Kier alpha value is -1.79. The minimum Gasteiger partial charge on any atom is -0.399 e. The third-order valence-corrected chi connectivity index (χ3v) is 3.94. The average molecular weight is 370 g/mol. The molecule has 2 rings (SSSR count).